The largest absolute Gasteiger partial charge is 0.485 e. The molecule has 2 nitrogen and oxygen atoms in total. The van der Waals surface area contributed by atoms with Crippen LogP contribution in [0.5, 0.6) is 5.75 Å². The quantitative estimate of drug-likeness (QED) is 0.774. The van der Waals surface area contributed by atoms with Crippen molar-refractivity contribution in [2.45, 2.75) is 20.8 Å². The van der Waals surface area contributed by atoms with Crippen LogP contribution in [0.15, 0.2) is 42.5 Å². The molecule has 0 fully saturated rings. The molecule has 0 atom stereocenters. The molecule has 0 aliphatic rings. The Morgan fingerprint density at radius 2 is 1.47 bits per heavy atom. The van der Waals surface area contributed by atoms with Gasteiger partial charge in [-0.25, -0.2) is 0 Å². The summed E-state index contributed by atoms with van der Waals surface area (Å²) in [6.07, 6.45) is 0. The molecular weight excluding hydrogens is 236 g/mol. The summed E-state index contributed by atoms with van der Waals surface area (Å²) in [5.41, 5.74) is 3.82. The molecule has 0 heterocycles. The number of rotatable bonds is 4. The van der Waals surface area contributed by atoms with Gasteiger partial charge in [0, 0.05) is 5.56 Å². The van der Waals surface area contributed by atoms with Crippen LogP contribution < -0.4 is 4.74 Å². The molecule has 0 saturated carbocycles. The van der Waals surface area contributed by atoms with Gasteiger partial charge in [-0.1, -0.05) is 42.5 Å². The van der Waals surface area contributed by atoms with Crippen molar-refractivity contribution in [3.8, 4) is 5.75 Å². The number of carbonyl (C=O) groups is 1. The second kappa shape index (κ2) is 5.70. The first-order valence-corrected chi connectivity index (χ1v) is 6.37. The average Bonchev–Trinajstić information content (AvgIpc) is 2.38. The monoisotopic (exact) mass is 254 g/mol. The number of carbonyl (C=O) groups excluding carboxylic acids is 1. The minimum Gasteiger partial charge on any atom is -0.485 e. The van der Waals surface area contributed by atoms with Gasteiger partial charge in [-0.3, -0.25) is 4.79 Å². The minimum absolute atomic E-state index is 0.0146. The van der Waals surface area contributed by atoms with Crippen LogP contribution in [-0.2, 0) is 0 Å². The second-order valence-corrected chi connectivity index (χ2v) is 4.75. The second-order valence-electron chi connectivity index (χ2n) is 4.75. The van der Waals surface area contributed by atoms with E-state index in [1.165, 1.54) is 0 Å². The normalized spacial score (nSPS) is 10.3. The zero-order valence-corrected chi connectivity index (χ0v) is 11.6. The molecule has 0 bridgehead atoms. The number of Topliss-reactive ketones (excluding diaryl/α,β-unsaturated/α-hetero) is 1. The van der Waals surface area contributed by atoms with Gasteiger partial charge in [0.1, 0.15) is 5.75 Å². The van der Waals surface area contributed by atoms with Gasteiger partial charge in [0.2, 0.25) is 0 Å². The van der Waals surface area contributed by atoms with Crippen LogP contribution in [0.25, 0.3) is 0 Å². The summed E-state index contributed by atoms with van der Waals surface area (Å²) in [7, 11) is 0. The summed E-state index contributed by atoms with van der Waals surface area (Å²) < 4.78 is 5.69. The van der Waals surface area contributed by atoms with E-state index in [9.17, 15) is 4.79 Å². The Bertz CT molecular complexity index is 580. The van der Waals surface area contributed by atoms with Crippen molar-refractivity contribution < 1.29 is 9.53 Å². The van der Waals surface area contributed by atoms with E-state index in [-0.39, 0.29) is 12.4 Å². The molecule has 2 aromatic carbocycles. The summed E-state index contributed by atoms with van der Waals surface area (Å²) in [5.74, 6) is 0.824. The van der Waals surface area contributed by atoms with Gasteiger partial charge in [-0.15, -0.1) is 0 Å². The first-order chi connectivity index (χ1) is 9.09. The molecule has 2 rings (SSSR count). The predicted molar refractivity (Wildman–Crippen MR) is 76.9 cm³/mol. The highest BCUT2D eigenvalue weighted by Gasteiger charge is 2.11. The molecule has 0 spiro atoms. The van der Waals surface area contributed by atoms with Crippen LogP contribution in [0, 0.1) is 20.8 Å². The summed E-state index contributed by atoms with van der Waals surface area (Å²) in [6.45, 7) is 5.99. The van der Waals surface area contributed by atoms with Crippen LogP contribution in [0.2, 0.25) is 0 Å². The maximum atomic E-state index is 12.1. The summed E-state index contributed by atoms with van der Waals surface area (Å²) in [6, 6.07) is 13.5. The highest BCUT2D eigenvalue weighted by molar-refractivity contribution is 5.98. The van der Waals surface area contributed by atoms with Crippen molar-refractivity contribution in [1.82, 2.24) is 0 Å². The Kier molecular flexibility index (Phi) is 4.00. The number of ketones is 1. The van der Waals surface area contributed by atoms with Gasteiger partial charge < -0.3 is 4.74 Å². The average molecular weight is 254 g/mol. The Hall–Kier alpha value is -2.09. The van der Waals surface area contributed by atoms with Crippen molar-refractivity contribution in [2.75, 3.05) is 6.61 Å². The van der Waals surface area contributed by atoms with Gasteiger partial charge in [0.05, 0.1) is 0 Å². The Balaban J connectivity index is 2.11. The molecule has 0 unspecified atom stereocenters. The number of benzene rings is 2. The molecule has 2 heteroatoms. The third kappa shape index (κ3) is 3.02. The summed E-state index contributed by atoms with van der Waals surface area (Å²) in [4.78, 5) is 12.1. The maximum absolute atomic E-state index is 12.1. The Morgan fingerprint density at radius 3 is 2.11 bits per heavy atom. The van der Waals surface area contributed by atoms with Gasteiger partial charge in [-0.2, -0.15) is 0 Å². The third-order valence-corrected chi connectivity index (χ3v) is 3.20. The SMILES string of the molecule is Cc1ccccc1C(=O)COc1c(C)cccc1C. The lowest BCUT2D eigenvalue weighted by molar-refractivity contribution is 0.0920. The highest BCUT2D eigenvalue weighted by Crippen LogP contribution is 2.22. The molecule has 0 amide bonds. The molecular formula is C17H18O2. The van der Waals surface area contributed by atoms with Crippen LogP contribution in [0.4, 0.5) is 0 Å². The zero-order valence-electron chi connectivity index (χ0n) is 11.6. The highest BCUT2D eigenvalue weighted by atomic mass is 16.5. The summed E-state index contributed by atoms with van der Waals surface area (Å²) >= 11 is 0. The van der Waals surface area contributed by atoms with Crippen LogP contribution >= 0.6 is 0 Å². The van der Waals surface area contributed by atoms with Gasteiger partial charge in [0.15, 0.2) is 12.4 Å². The predicted octanol–water partition coefficient (Wildman–Crippen LogP) is 3.87. The van der Waals surface area contributed by atoms with E-state index in [1.54, 1.807) is 0 Å². The van der Waals surface area contributed by atoms with Gasteiger partial charge >= 0.3 is 0 Å². The van der Waals surface area contributed by atoms with Crippen LogP contribution in [0.1, 0.15) is 27.0 Å². The van der Waals surface area contributed by atoms with Crippen molar-refractivity contribution in [2.24, 2.45) is 0 Å². The molecule has 2 aromatic rings. The fourth-order valence-corrected chi connectivity index (χ4v) is 2.13. The van der Waals surface area contributed by atoms with E-state index >= 15 is 0 Å². The molecule has 0 saturated heterocycles. The number of para-hydroxylation sites is 1. The van der Waals surface area contributed by atoms with E-state index in [1.807, 2.05) is 63.2 Å². The Morgan fingerprint density at radius 1 is 0.895 bits per heavy atom. The van der Waals surface area contributed by atoms with E-state index in [4.69, 9.17) is 4.74 Å². The van der Waals surface area contributed by atoms with E-state index < -0.39 is 0 Å². The fraction of sp³-hybridized carbons (Fsp3) is 0.235. The number of hydrogen-bond acceptors (Lipinski definition) is 2. The first-order valence-electron chi connectivity index (χ1n) is 6.37. The topological polar surface area (TPSA) is 26.3 Å². The lowest BCUT2D eigenvalue weighted by atomic mass is 10.1. The van der Waals surface area contributed by atoms with Gasteiger partial charge in [0.25, 0.3) is 0 Å². The molecule has 0 radical (unpaired) electrons. The maximum Gasteiger partial charge on any atom is 0.200 e. The number of aryl methyl sites for hydroxylation is 3. The molecule has 0 aliphatic carbocycles. The first kappa shape index (κ1) is 13.3. The molecule has 98 valence electrons. The lowest BCUT2D eigenvalue weighted by Gasteiger charge is -2.12. The van der Waals surface area contributed by atoms with Crippen molar-refractivity contribution >= 4 is 5.78 Å². The van der Waals surface area contributed by atoms with Crippen molar-refractivity contribution in [3.05, 3.63) is 64.7 Å². The van der Waals surface area contributed by atoms with Gasteiger partial charge in [-0.05, 0) is 37.5 Å². The number of ether oxygens (including phenoxy) is 1. The molecule has 0 aliphatic heterocycles. The third-order valence-electron chi connectivity index (χ3n) is 3.20. The molecule has 19 heavy (non-hydrogen) atoms. The molecule has 0 aromatic heterocycles. The summed E-state index contributed by atoms with van der Waals surface area (Å²) in [5, 5.41) is 0. The van der Waals surface area contributed by atoms with E-state index in [0.29, 0.717) is 0 Å². The van der Waals surface area contributed by atoms with Crippen LogP contribution in [-0.4, -0.2) is 12.4 Å². The molecule has 0 N–H and O–H groups in total. The standard InChI is InChI=1S/C17H18O2/c1-12-7-4-5-10-15(12)16(18)11-19-17-13(2)8-6-9-14(17)3/h4-10H,11H2,1-3H3. The van der Waals surface area contributed by atoms with Crippen LogP contribution in [0.3, 0.4) is 0 Å². The number of hydrogen-bond donors (Lipinski definition) is 0. The minimum atomic E-state index is 0.0146. The lowest BCUT2D eigenvalue weighted by Crippen LogP contribution is -2.13. The van der Waals surface area contributed by atoms with Crippen molar-refractivity contribution in [3.63, 3.8) is 0 Å². The Labute approximate surface area is 114 Å². The van der Waals surface area contributed by atoms with Crippen molar-refractivity contribution in [1.29, 1.82) is 0 Å². The van der Waals surface area contributed by atoms with E-state index in [0.717, 1.165) is 28.0 Å². The van der Waals surface area contributed by atoms with E-state index in [2.05, 4.69) is 0 Å². The fourth-order valence-electron chi connectivity index (χ4n) is 2.13. The smallest absolute Gasteiger partial charge is 0.200 e. The zero-order chi connectivity index (χ0) is 13.8.